The van der Waals surface area contributed by atoms with Gasteiger partial charge in [0.25, 0.3) is 5.56 Å². The molecule has 0 aromatic carbocycles. The Balaban J connectivity index is 3.48. The average Bonchev–Trinajstić information content (AvgIpc) is 1.82. The van der Waals surface area contributed by atoms with Crippen LogP contribution in [0.4, 0.5) is 0 Å². The van der Waals surface area contributed by atoms with Crippen molar-refractivity contribution in [3.63, 3.8) is 0 Å². The molecule has 0 amide bonds. The third-order valence-electron chi connectivity index (χ3n) is 1.19. The first-order valence-corrected chi connectivity index (χ1v) is 3.25. The maximum atomic E-state index is 10.6. The standard InChI is InChI=1S/C6H4ClNO4/c7-5-4(6(11)12)2(9)1-3(10)8-5/h1H,(H,11,12)(H2,8,9,10). The van der Waals surface area contributed by atoms with Gasteiger partial charge < -0.3 is 15.2 Å². The lowest BCUT2D eigenvalue weighted by molar-refractivity contribution is 0.0693. The fourth-order valence-electron chi connectivity index (χ4n) is 0.719. The summed E-state index contributed by atoms with van der Waals surface area (Å²) < 4.78 is 0. The molecular formula is C6H4ClNO4. The zero-order valence-electron chi connectivity index (χ0n) is 5.67. The summed E-state index contributed by atoms with van der Waals surface area (Å²) in [4.78, 5) is 23.0. The number of aromatic nitrogens is 1. The zero-order valence-corrected chi connectivity index (χ0v) is 6.42. The predicted octanol–water partition coefficient (Wildman–Crippen LogP) is 0.432. The zero-order chi connectivity index (χ0) is 9.30. The quantitative estimate of drug-likeness (QED) is 0.559. The first-order chi connectivity index (χ1) is 5.52. The second-order valence-corrected chi connectivity index (χ2v) is 2.39. The summed E-state index contributed by atoms with van der Waals surface area (Å²) in [7, 11) is 0. The maximum absolute atomic E-state index is 10.6. The second-order valence-electron chi connectivity index (χ2n) is 2.01. The van der Waals surface area contributed by atoms with Crippen molar-refractivity contribution in [2.45, 2.75) is 0 Å². The first-order valence-electron chi connectivity index (χ1n) is 2.87. The molecule has 0 unspecified atom stereocenters. The van der Waals surface area contributed by atoms with E-state index in [1.54, 1.807) is 0 Å². The van der Waals surface area contributed by atoms with Crippen LogP contribution in [0.1, 0.15) is 10.4 Å². The van der Waals surface area contributed by atoms with Crippen molar-refractivity contribution in [3.05, 3.63) is 27.1 Å². The number of nitrogens with one attached hydrogen (secondary N) is 1. The topological polar surface area (TPSA) is 90.4 Å². The average molecular weight is 190 g/mol. The molecule has 0 saturated carbocycles. The van der Waals surface area contributed by atoms with E-state index in [9.17, 15) is 9.59 Å². The van der Waals surface area contributed by atoms with Gasteiger partial charge in [0.15, 0.2) is 0 Å². The van der Waals surface area contributed by atoms with Crippen LogP contribution in [-0.2, 0) is 0 Å². The predicted molar refractivity (Wildman–Crippen MR) is 40.7 cm³/mol. The Morgan fingerprint density at radius 2 is 2.17 bits per heavy atom. The Morgan fingerprint density at radius 3 is 2.58 bits per heavy atom. The van der Waals surface area contributed by atoms with E-state index >= 15 is 0 Å². The van der Waals surface area contributed by atoms with E-state index in [1.165, 1.54) is 0 Å². The molecular weight excluding hydrogens is 186 g/mol. The molecule has 0 bridgehead atoms. The normalized spacial score (nSPS) is 9.75. The number of rotatable bonds is 1. The van der Waals surface area contributed by atoms with Crippen LogP contribution < -0.4 is 5.56 Å². The van der Waals surface area contributed by atoms with Crippen LogP contribution in [0.3, 0.4) is 0 Å². The Bertz CT molecular complexity index is 357. The maximum Gasteiger partial charge on any atom is 0.342 e. The molecule has 0 aliphatic heterocycles. The largest absolute Gasteiger partial charge is 0.507 e. The summed E-state index contributed by atoms with van der Waals surface area (Å²) >= 11 is 5.33. The number of pyridine rings is 1. The van der Waals surface area contributed by atoms with E-state index in [2.05, 4.69) is 0 Å². The molecule has 64 valence electrons. The minimum Gasteiger partial charge on any atom is -0.507 e. The van der Waals surface area contributed by atoms with Crippen molar-refractivity contribution < 1.29 is 15.0 Å². The van der Waals surface area contributed by atoms with Crippen LogP contribution in [0, 0.1) is 0 Å². The van der Waals surface area contributed by atoms with Crippen molar-refractivity contribution in [2.75, 3.05) is 0 Å². The highest BCUT2D eigenvalue weighted by molar-refractivity contribution is 6.32. The van der Waals surface area contributed by atoms with E-state index in [0.717, 1.165) is 6.07 Å². The van der Waals surface area contributed by atoms with Crippen molar-refractivity contribution in [1.82, 2.24) is 4.98 Å². The number of aromatic hydroxyl groups is 1. The third kappa shape index (κ3) is 1.40. The summed E-state index contributed by atoms with van der Waals surface area (Å²) in [6, 6.07) is 0.745. The Morgan fingerprint density at radius 1 is 1.58 bits per heavy atom. The summed E-state index contributed by atoms with van der Waals surface area (Å²) in [5.41, 5.74) is -1.15. The SMILES string of the molecule is O=C(O)c1c(O)cc(=O)[nH]c1Cl. The molecule has 0 fully saturated rings. The van der Waals surface area contributed by atoms with E-state index in [-0.39, 0.29) is 5.15 Å². The monoisotopic (exact) mass is 189 g/mol. The number of halogens is 1. The molecule has 0 atom stereocenters. The van der Waals surface area contributed by atoms with E-state index in [4.69, 9.17) is 21.8 Å². The number of hydrogen-bond donors (Lipinski definition) is 3. The van der Waals surface area contributed by atoms with Crippen molar-refractivity contribution in [1.29, 1.82) is 0 Å². The van der Waals surface area contributed by atoms with Gasteiger partial charge in [-0.25, -0.2) is 4.79 Å². The van der Waals surface area contributed by atoms with Gasteiger partial charge >= 0.3 is 5.97 Å². The van der Waals surface area contributed by atoms with E-state index in [0.29, 0.717) is 0 Å². The summed E-state index contributed by atoms with van der Waals surface area (Å²) in [6.45, 7) is 0. The second kappa shape index (κ2) is 2.86. The molecule has 0 radical (unpaired) electrons. The number of hydrogen-bond acceptors (Lipinski definition) is 3. The van der Waals surface area contributed by atoms with Crippen LogP contribution in [0.5, 0.6) is 5.75 Å². The van der Waals surface area contributed by atoms with Crippen molar-refractivity contribution >= 4 is 17.6 Å². The van der Waals surface area contributed by atoms with Crippen LogP contribution in [0.25, 0.3) is 0 Å². The lowest BCUT2D eigenvalue weighted by atomic mass is 10.2. The number of carboxylic acids is 1. The molecule has 6 heteroatoms. The number of carboxylic acid groups (broad SMARTS) is 1. The number of carbonyl (C=O) groups is 1. The minimum atomic E-state index is -1.39. The lowest BCUT2D eigenvalue weighted by Gasteiger charge is -1.99. The Kier molecular flexibility index (Phi) is 2.05. The molecule has 3 N–H and O–H groups in total. The van der Waals surface area contributed by atoms with Crippen molar-refractivity contribution in [3.8, 4) is 5.75 Å². The van der Waals surface area contributed by atoms with Gasteiger partial charge in [-0.2, -0.15) is 0 Å². The van der Waals surface area contributed by atoms with Crippen molar-refractivity contribution in [2.24, 2.45) is 0 Å². The van der Waals surface area contributed by atoms with Crippen LogP contribution in [-0.4, -0.2) is 21.2 Å². The van der Waals surface area contributed by atoms with E-state index < -0.39 is 22.8 Å². The van der Waals surface area contributed by atoms with Gasteiger partial charge in [-0.05, 0) is 0 Å². The Labute approximate surface area is 71.2 Å². The van der Waals surface area contributed by atoms with Gasteiger partial charge in [0.1, 0.15) is 16.5 Å². The van der Waals surface area contributed by atoms with Gasteiger partial charge in [0.2, 0.25) is 0 Å². The van der Waals surface area contributed by atoms with Gasteiger partial charge in [-0.15, -0.1) is 0 Å². The highest BCUT2D eigenvalue weighted by Crippen LogP contribution is 2.20. The summed E-state index contributed by atoms with van der Waals surface area (Å²) in [5.74, 6) is -2.04. The van der Waals surface area contributed by atoms with E-state index in [1.807, 2.05) is 4.98 Å². The molecule has 12 heavy (non-hydrogen) atoms. The highest BCUT2D eigenvalue weighted by Gasteiger charge is 2.15. The summed E-state index contributed by atoms with van der Waals surface area (Å²) in [6.07, 6.45) is 0. The van der Waals surface area contributed by atoms with Gasteiger partial charge in [0.05, 0.1) is 0 Å². The van der Waals surface area contributed by atoms with Crippen LogP contribution >= 0.6 is 11.6 Å². The smallest absolute Gasteiger partial charge is 0.342 e. The molecule has 0 aliphatic rings. The molecule has 1 aromatic rings. The molecule has 5 nitrogen and oxygen atoms in total. The first kappa shape index (κ1) is 8.61. The molecule has 1 rings (SSSR count). The highest BCUT2D eigenvalue weighted by atomic mass is 35.5. The molecule has 1 aromatic heterocycles. The Hall–Kier alpha value is -1.49. The molecule has 0 saturated heterocycles. The van der Waals surface area contributed by atoms with Crippen LogP contribution in [0.2, 0.25) is 5.15 Å². The number of H-pyrrole nitrogens is 1. The third-order valence-corrected chi connectivity index (χ3v) is 1.47. The van der Waals surface area contributed by atoms with Gasteiger partial charge in [-0.1, -0.05) is 11.6 Å². The van der Waals surface area contributed by atoms with Crippen LogP contribution in [0.15, 0.2) is 10.9 Å². The summed E-state index contributed by atoms with van der Waals surface area (Å²) in [5, 5.41) is 17.0. The van der Waals surface area contributed by atoms with Gasteiger partial charge in [-0.3, -0.25) is 4.79 Å². The fourth-order valence-corrected chi connectivity index (χ4v) is 0.990. The molecule has 0 spiro atoms. The fraction of sp³-hybridized carbons (Fsp3) is 0. The number of aromatic amines is 1. The number of aromatic carboxylic acids is 1. The van der Waals surface area contributed by atoms with Gasteiger partial charge in [0, 0.05) is 6.07 Å². The molecule has 0 aliphatic carbocycles. The lowest BCUT2D eigenvalue weighted by Crippen LogP contribution is -2.09. The molecule has 1 heterocycles. The minimum absolute atomic E-state index is 0.382.